The summed E-state index contributed by atoms with van der Waals surface area (Å²) in [5.41, 5.74) is 0.974. The van der Waals surface area contributed by atoms with Gasteiger partial charge < -0.3 is 19.9 Å². The van der Waals surface area contributed by atoms with Crippen LogP contribution in [0.15, 0.2) is 24.3 Å². The predicted molar refractivity (Wildman–Crippen MR) is 127 cm³/mol. The van der Waals surface area contributed by atoms with Crippen molar-refractivity contribution in [3.05, 3.63) is 29.8 Å². The summed E-state index contributed by atoms with van der Waals surface area (Å²) in [6, 6.07) is 7.46. The van der Waals surface area contributed by atoms with E-state index in [-0.39, 0.29) is 36.1 Å². The topological polar surface area (TPSA) is 82.2 Å². The Morgan fingerprint density at radius 1 is 1.06 bits per heavy atom. The molecule has 2 aliphatic heterocycles. The second-order valence-electron chi connectivity index (χ2n) is 8.92. The van der Waals surface area contributed by atoms with Crippen LogP contribution in [0.3, 0.4) is 0 Å². The average Bonchev–Trinajstić information content (AvgIpc) is 3.17. The number of nitrogens with zero attached hydrogens (tertiary/aromatic N) is 3. The van der Waals surface area contributed by atoms with Crippen molar-refractivity contribution < 1.29 is 19.1 Å². The summed E-state index contributed by atoms with van der Waals surface area (Å²) in [7, 11) is 1.63. The highest BCUT2D eigenvalue weighted by atomic mass is 16.5. The molecular weight excluding hydrogens is 420 g/mol. The number of rotatable bonds is 10. The molecule has 2 atom stereocenters. The number of carbonyl (C=O) groups excluding carboxylic acids is 3. The molecule has 0 saturated carbocycles. The zero-order valence-electron chi connectivity index (χ0n) is 20.2. The Hall–Kier alpha value is -2.61. The van der Waals surface area contributed by atoms with Gasteiger partial charge in [-0.1, -0.05) is 32.4 Å². The number of ether oxygens (including phenoxy) is 1. The summed E-state index contributed by atoms with van der Waals surface area (Å²) >= 11 is 0. The first-order valence-corrected chi connectivity index (χ1v) is 12.2. The van der Waals surface area contributed by atoms with Gasteiger partial charge in [0.2, 0.25) is 17.7 Å². The van der Waals surface area contributed by atoms with Crippen LogP contribution < -0.4 is 10.1 Å². The van der Waals surface area contributed by atoms with Gasteiger partial charge >= 0.3 is 0 Å². The summed E-state index contributed by atoms with van der Waals surface area (Å²) in [6.07, 6.45) is 3.07. The van der Waals surface area contributed by atoms with E-state index < -0.39 is 0 Å². The van der Waals surface area contributed by atoms with Gasteiger partial charge in [-0.25, -0.2) is 0 Å². The van der Waals surface area contributed by atoms with E-state index in [9.17, 15) is 14.4 Å². The van der Waals surface area contributed by atoms with Crippen LogP contribution in [0.5, 0.6) is 5.75 Å². The van der Waals surface area contributed by atoms with Crippen LogP contribution in [0.1, 0.15) is 51.1 Å². The molecule has 1 aromatic carbocycles. The van der Waals surface area contributed by atoms with Crippen LogP contribution in [0, 0.1) is 5.92 Å². The number of unbranched alkanes of at least 4 members (excludes halogenated alkanes) is 1. The molecule has 33 heavy (non-hydrogen) atoms. The number of methoxy groups -OCH3 is 1. The van der Waals surface area contributed by atoms with Crippen molar-refractivity contribution in [3.63, 3.8) is 0 Å². The first kappa shape index (κ1) is 25.0. The molecule has 2 fully saturated rings. The average molecular weight is 459 g/mol. The summed E-state index contributed by atoms with van der Waals surface area (Å²) in [5.74, 6) is 0.489. The second kappa shape index (κ2) is 12.0. The van der Waals surface area contributed by atoms with E-state index in [1.807, 2.05) is 41.0 Å². The van der Waals surface area contributed by atoms with Crippen LogP contribution in [0.25, 0.3) is 0 Å². The summed E-state index contributed by atoms with van der Waals surface area (Å²) in [6.45, 7) is 8.34. The number of hydrogen-bond donors (Lipinski definition) is 1. The van der Waals surface area contributed by atoms with Crippen molar-refractivity contribution in [1.82, 2.24) is 20.0 Å². The van der Waals surface area contributed by atoms with Gasteiger partial charge in [-0.15, -0.1) is 0 Å². The molecule has 0 aromatic heterocycles. The van der Waals surface area contributed by atoms with Crippen molar-refractivity contribution in [2.45, 2.75) is 45.6 Å². The van der Waals surface area contributed by atoms with Crippen molar-refractivity contribution in [1.29, 1.82) is 0 Å². The molecule has 0 spiro atoms. The van der Waals surface area contributed by atoms with E-state index in [0.717, 1.165) is 30.6 Å². The molecule has 182 valence electrons. The minimum absolute atomic E-state index is 0.0316. The molecule has 8 nitrogen and oxygen atoms in total. The molecule has 1 N–H and O–H groups in total. The van der Waals surface area contributed by atoms with Crippen LogP contribution in [0.4, 0.5) is 0 Å². The van der Waals surface area contributed by atoms with Crippen LogP contribution in [-0.2, 0) is 14.4 Å². The maximum absolute atomic E-state index is 13.6. The minimum Gasteiger partial charge on any atom is -0.497 e. The zero-order chi connectivity index (χ0) is 23.8. The molecule has 1 aromatic rings. The summed E-state index contributed by atoms with van der Waals surface area (Å²) in [4.78, 5) is 44.4. The largest absolute Gasteiger partial charge is 0.497 e. The van der Waals surface area contributed by atoms with Crippen molar-refractivity contribution in [2.75, 3.05) is 52.9 Å². The van der Waals surface area contributed by atoms with Gasteiger partial charge in [0.15, 0.2) is 0 Å². The molecule has 8 heteroatoms. The maximum Gasteiger partial charge on any atom is 0.234 e. The number of nitrogens with one attached hydrogen (secondary N) is 1. The van der Waals surface area contributed by atoms with Gasteiger partial charge in [-0.3, -0.25) is 19.3 Å². The molecule has 3 amide bonds. The lowest BCUT2D eigenvalue weighted by Gasteiger charge is -2.37. The van der Waals surface area contributed by atoms with Crippen molar-refractivity contribution in [3.8, 4) is 5.75 Å². The number of hydrogen-bond acceptors (Lipinski definition) is 5. The van der Waals surface area contributed by atoms with Crippen molar-refractivity contribution in [2.24, 2.45) is 5.92 Å². The van der Waals surface area contributed by atoms with Gasteiger partial charge in [0, 0.05) is 45.7 Å². The molecule has 2 heterocycles. The molecule has 3 rings (SSSR count). The second-order valence-corrected chi connectivity index (χ2v) is 8.92. The quantitative estimate of drug-likeness (QED) is 0.580. The molecule has 0 aliphatic carbocycles. The normalized spacial score (nSPS) is 21.4. The highest BCUT2D eigenvalue weighted by Gasteiger charge is 2.45. The number of amides is 3. The number of benzene rings is 1. The molecular formula is C25H38N4O4. The Morgan fingerprint density at radius 2 is 1.76 bits per heavy atom. The van der Waals surface area contributed by atoms with Gasteiger partial charge in [-0.05, 0) is 30.5 Å². The van der Waals surface area contributed by atoms with E-state index in [0.29, 0.717) is 45.8 Å². The van der Waals surface area contributed by atoms with E-state index >= 15 is 0 Å². The Labute approximate surface area is 197 Å². The Balaban J connectivity index is 1.68. The molecule has 2 unspecified atom stereocenters. The lowest BCUT2D eigenvalue weighted by molar-refractivity contribution is -0.138. The standard InChI is InChI=1S/C25H38N4O4/c1-4-6-12-29-23(31)17-21(24(29)19-7-9-20(33-3)10-8-19)25(32)28-15-13-27(14-16-28)18-22(30)26-11-5-2/h7-10,21,24H,4-6,11-18H2,1-3H3,(H,26,30). The molecule has 2 aliphatic rings. The smallest absolute Gasteiger partial charge is 0.234 e. The summed E-state index contributed by atoms with van der Waals surface area (Å²) < 4.78 is 5.28. The lowest BCUT2D eigenvalue weighted by Crippen LogP contribution is -2.52. The first-order chi connectivity index (χ1) is 16.0. The fourth-order valence-electron chi connectivity index (χ4n) is 4.70. The highest BCUT2D eigenvalue weighted by Crippen LogP contribution is 2.40. The number of piperazine rings is 1. The summed E-state index contributed by atoms with van der Waals surface area (Å²) in [5, 5.41) is 2.90. The Morgan fingerprint density at radius 3 is 2.36 bits per heavy atom. The van der Waals surface area contributed by atoms with E-state index in [1.54, 1.807) is 7.11 Å². The third kappa shape index (κ3) is 6.25. The minimum atomic E-state index is -0.387. The SMILES string of the molecule is CCCCN1C(=O)CC(C(=O)N2CCN(CC(=O)NCCC)CC2)C1c1ccc(OC)cc1. The maximum atomic E-state index is 13.6. The molecule has 0 bridgehead atoms. The van der Waals surface area contributed by atoms with Gasteiger partial charge in [0.25, 0.3) is 0 Å². The van der Waals surface area contributed by atoms with Gasteiger partial charge in [0.1, 0.15) is 5.75 Å². The first-order valence-electron chi connectivity index (χ1n) is 12.2. The number of likely N-dealkylation sites (tertiary alicyclic amines) is 1. The monoisotopic (exact) mass is 458 g/mol. The van der Waals surface area contributed by atoms with E-state index in [4.69, 9.17) is 4.74 Å². The van der Waals surface area contributed by atoms with Gasteiger partial charge in [-0.2, -0.15) is 0 Å². The third-order valence-corrected chi connectivity index (χ3v) is 6.58. The number of carbonyl (C=O) groups is 3. The fraction of sp³-hybridized carbons (Fsp3) is 0.640. The van der Waals surface area contributed by atoms with Crippen LogP contribution in [-0.4, -0.2) is 85.3 Å². The highest BCUT2D eigenvalue weighted by molar-refractivity contribution is 5.90. The third-order valence-electron chi connectivity index (χ3n) is 6.58. The lowest BCUT2D eigenvalue weighted by atomic mass is 9.92. The Bertz CT molecular complexity index is 805. The Kier molecular flexibility index (Phi) is 9.11. The van der Waals surface area contributed by atoms with Crippen LogP contribution >= 0.6 is 0 Å². The van der Waals surface area contributed by atoms with Crippen LogP contribution in [0.2, 0.25) is 0 Å². The van der Waals surface area contributed by atoms with Gasteiger partial charge in [0.05, 0.1) is 25.6 Å². The predicted octanol–water partition coefficient (Wildman–Crippen LogP) is 2.06. The molecule has 0 radical (unpaired) electrons. The molecule has 2 saturated heterocycles. The van der Waals surface area contributed by atoms with E-state index in [2.05, 4.69) is 17.1 Å². The van der Waals surface area contributed by atoms with Crippen molar-refractivity contribution >= 4 is 17.7 Å². The van der Waals surface area contributed by atoms with E-state index in [1.165, 1.54) is 0 Å². The zero-order valence-corrected chi connectivity index (χ0v) is 20.2. The fourth-order valence-corrected chi connectivity index (χ4v) is 4.70.